The maximum absolute atomic E-state index is 12.6. The van der Waals surface area contributed by atoms with Crippen molar-refractivity contribution in [2.45, 2.75) is 12.8 Å². The highest BCUT2D eigenvalue weighted by molar-refractivity contribution is 5.79. The van der Waals surface area contributed by atoms with Gasteiger partial charge in [-0.3, -0.25) is 4.79 Å². The summed E-state index contributed by atoms with van der Waals surface area (Å²) in [7, 11) is 3.14. The third kappa shape index (κ3) is 3.69. The van der Waals surface area contributed by atoms with Gasteiger partial charge in [0.05, 0.1) is 32.8 Å². The lowest BCUT2D eigenvalue weighted by Crippen LogP contribution is -2.39. The van der Waals surface area contributed by atoms with Crippen LogP contribution < -0.4 is 14.4 Å². The average molecular weight is 336 g/mol. The summed E-state index contributed by atoms with van der Waals surface area (Å²) >= 11 is 0. The Balaban J connectivity index is 1.68. The van der Waals surface area contributed by atoms with E-state index in [-0.39, 0.29) is 11.8 Å². The van der Waals surface area contributed by atoms with Crippen molar-refractivity contribution in [2.24, 2.45) is 5.92 Å². The van der Waals surface area contributed by atoms with E-state index < -0.39 is 0 Å². The third-order valence-electron chi connectivity index (χ3n) is 4.45. The number of rotatable bonds is 4. The van der Waals surface area contributed by atoms with E-state index in [0.29, 0.717) is 44.0 Å². The zero-order valence-electron chi connectivity index (χ0n) is 14.2. The molecule has 8 heteroatoms. The van der Waals surface area contributed by atoms with Gasteiger partial charge in [-0.1, -0.05) is 0 Å². The molecule has 1 atom stereocenters. The number of hydrogen-bond donors (Lipinski definition) is 0. The predicted molar refractivity (Wildman–Crippen MR) is 87.5 cm³/mol. The van der Waals surface area contributed by atoms with E-state index in [4.69, 9.17) is 14.2 Å². The Kier molecular flexibility index (Phi) is 5.34. The van der Waals surface area contributed by atoms with E-state index in [1.54, 1.807) is 20.3 Å². The van der Waals surface area contributed by atoms with Gasteiger partial charge in [0.1, 0.15) is 0 Å². The Morgan fingerprint density at radius 2 is 1.92 bits per heavy atom. The molecule has 132 valence electrons. The SMILES string of the molecule is COc1cc(OC)nc(N2CCCN(C(=O)C3CCOC3)CC2)n1. The van der Waals surface area contributed by atoms with E-state index in [0.717, 1.165) is 25.9 Å². The molecule has 1 aromatic rings. The maximum atomic E-state index is 12.6. The summed E-state index contributed by atoms with van der Waals surface area (Å²) in [6, 6.07) is 1.65. The van der Waals surface area contributed by atoms with Crippen LogP contribution in [0.25, 0.3) is 0 Å². The molecule has 2 fully saturated rings. The zero-order chi connectivity index (χ0) is 16.9. The van der Waals surface area contributed by atoms with Crippen molar-refractivity contribution in [2.75, 3.05) is 58.5 Å². The Labute approximate surface area is 141 Å². The summed E-state index contributed by atoms with van der Waals surface area (Å²) < 4.78 is 15.8. The van der Waals surface area contributed by atoms with Crippen molar-refractivity contribution in [3.63, 3.8) is 0 Å². The van der Waals surface area contributed by atoms with Gasteiger partial charge in [-0.05, 0) is 12.8 Å². The summed E-state index contributed by atoms with van der Waals surface area (Å²) in [5, 5.41) is 0. The monoisotopic (exact) mass is 336 g/mol. The predicted octanol–water partition coefficient (Wildman–Crippen LogP) is 0.569. The van der Waals surface area contributed by atoms with E-state index >= 15 is 0 Å². The minimum atomic E-state index is 0.0183. The summed E-state index contributed by atoms with van der Waals surface area (Å²) in [4.78, 5) is 25.4. The molecule has 3 rings (SSSR count). The van der Waals surface area contributed by atoms with Gasteiger partial charge in [-0.15, -0.1) is 0 Å². The number of hydrogen-bond acceptors (Lipinski definition) is 7. The number of carbonyl (C=O) groups is 1. The smallest absolute Gasteiger partial charge is 0.232 e. The highest BCUT2D eigenvalue weighted by Crippen LogP contribution is 2.22. The topological polar surface area (TPSA) is 77.0 Å². The standard InChI is InChI=1S/C16H24N4O4/c1-22-13-10-14(23-2)18-16(17-13)20-6-3-5-19(7-8-20)15(21)12-4-9-24-11-12/h10,12H,3-9,11H2,1-2H3. The lowest BCUT2D eigenvalue weighted by atomic mass is 10.1. The number of ether oxygens (including phenoxy) is 3. The van der Waals surface area contributed by atoms with Gasteiger partial charge in [-0.2, -0.15) is 9.97 Å². The number of amides is 1. The second kappa shape index (κ2) is 7.65. The van der Waals surface area contributed by atoms with Crippen LogP contribution in [0.5, 0.6) is 11.8 Å². The lowest BCUT2D eigenvalue weighted by Gasteiger charge is -2.24. The Hall–Kier alpha value is -2.09. The van der Waals surface area contributed by atoms with Gasteiger partial charge in [0, 0.05) is 32.8 Å². The fraction of sp³-hybridized carbons (Fsp3) is 0.688. The molecule has 0 spiro atoms. The largest absolute Gasteiger partial charge is 0.481 e. The first-order valence-electron chi connectivity index (χ1n) is 8.30. The highest BCUT2D eigenvalue weighted by atomic mass is 16.5. The van der Waals surface area contributed by atoms with Crippen LogP contribution in [0.2, 0.25) is 0 Å². The number of carbonyl (C=O) groups excluding carboxylic acids is 1. The molecular formula is C16H24N4O4. The molecule has 2 aliphatic rings. The molecule has 1 unspecified atom stereocenters. The van der Waals surface area contributed by atoms with E-state index in [2.05, 4.69) is 14.9 Å². The molecular weight excluding hydrogens is 312 g/mol. The molecule has 0 aliphatic carbocycles. The second-order valence-corrected chi connectivity index (χ2v) is 5.98. The van der Waals surface area contributed by atoms with Crippen LogP contribution in [0.1, 0.15) is 12.8 Å². The first-order valence-corrected chi connectivity index (χ1v) is 8.30. The molecule has 3 heterocycles. The van der Waals surface area contributed by atoms with Gasteiger partial charge in [-0.25, -0.2) is 0 Å². The van der Waals surface area contributed by atoms with Crippen LogP contribution in [0.3, 0.4) is 0 Å². The highest BCUT2D eigenvalue weighted by Gasteiger charge is 2.29. The summed E-state index contributed by atoms with van der Waals surface area (Å²) in [5.41, 5.74) is 0. The van der Waals surface area contributed by atoms with E-state index in [1.807, 2.05) is 4.90 Å². The normalized spacial score (nSPS) is 21.5. The lowest BCUT2D eigenvalue weighted by molar-refractivity contribution is -0.135. The molecule has 0 saturated carbocycles. The maximum Gasteiger partial charge on any atom is 0.232 e. The van der Waals surface area contributed by atoms with Gasteiger partial charge >= 0.3 is 0 Å². The minimum absolute atomic E-state index is 0.0183. The molecule has 0 radical (unpaired) electrons. The van der Waals surface area contributed by atoms with Crippen LogP contribution >= 0.6 is 0 Å². The molecule has 0 bridgehead atoms. The fourth-order valence-electron chi connectivity index (χ4n) is 3.07. The molecule has 24 heavy (non-hydrogen) atoms. The van der Waals surface area contributed by atoms with Gasteiger partial charge < -0.3 is 24.0 Å². The summed E-state index contributed by atoms with van der Waals surface area (Å²) in [6.45, 7) is 4.14. The van der Waals surface area contributed by atoms with Crippen molar-refractivity contribution in [3.05, 3.63) is 6.07 Å². The van der Waals surface area contributed by atoms with Gasteiger partial charge in [0.15, 0.2) is 0 Å². The van der Waals surface area contributed by atoms with Crippen LogP contribution in [0.15, 0.2) is 6.07 Å². The van der Waals surface area contributed by atoms with Crippen molar-refractivity contribution >= 4 is 11.9 Å². The number of nitrogens with zero attached hydrogens (tertiary/aromatic N) is 4. The molecule has 0 aromatic carbocycles. The zero-order valence-corrected chi connectivity index (χ0v) is 14.2. The minimum Gasteiger partial charge on any atom is -0.481 e. The van der Waals surface area contributed by atoms with Crippen molar-refractivity contribution in [1.29, 1.82) is 0 Å². The Morgan fingerprint density at radius 3 is 2.54 bits per heavy atom. The second-order valence-electron chi connectivity index (χ2n) is 5.98. The van der Waals surface area contributed by atoms with E-state index in [9.17, 15) is 4.79 Å². The Morgan fingerprint density at radius 1 is 1.17 bits per heavy atom. The molecule has 2 saturated heterocycles. The van der Waals surface area contributed by atoms with E-state index in [1.165, 1.54) is 0 Å². The van der Waals surface area contributed by atoms with Crippen LogP contribution in [0.4, 0.5) is 5.95 Å². The molecule has 1 aromatic heterocycles. The van der Waals surface area contributed by atoms with Crippen LogP contribution in [0, 0.1) is 5.92 Å². The Bertz CT molecular complexity index is 555. The fourth-order valence-corrected chi connectivity index (χ4v) is 3.07. The number of aromatic nitrogens is 2. The summed E-state index contributed by atoms with van der Waals surface area (Å²) in [6.07, 6.45) is 1.71. The molecule has 1 amide bonds. The van der Waals surface area contributed by atoms with Crippen molar-refractivity contribution in [1.82, 2.24) is 14.9 Å². The average Bonchev–Trinajstić information content (AvgIpc) is 3.05. The molecule has 2 aliphatic heterocycles. The molecule has 0 N–H and O–H groups in total. The first-order chi connectivity index (χ1) is 11.7. The van der Waals surface area contributed by atoms with Gasteiger partial charge in [0.25, 0.3) is 0 Å². The third-order valence-corrected chi connectivity index (χ3v) is 4.45. The molecule has 8 nitrogen and oxygen atoms in total. The van der Waals surface area contributed by atoms with Crippen LogP contribution in [-0.4, -0.2) is 74.4 Å². The number of anilines is 1. The van der Waals surface area contributed by atoms with Crippen molar-refractivity contribution in [3.8, 4) is 11.8 Å². The summed E-state index contributed by atoms with van der Waals surface area (Å²) in [5.74, 6) is 1.74. The van der Waals surface area contributed by atoms with Gasteiger partial charge in [0.2, 0.25) is 23.6 Å². The van der Waals surface area contributed by atoms with Crippen molar-refractivity contribution < 1.29 is 19.0 Å². The quantitative estimate of drug-likeness (QED) is 0.795. The van der Waals surface area contributed by atoms with Crippen LogP contribution in [-0.2, 0) is 9.53 Å². The number of methoxy groups -OCH3 is 2. The first kappa shape index (κ1) is 16.8.